The predicted octanol–water partition coefficient (Wildman–Crippen LogP) is 6.17. The first-order valence-electron chi connectivity index (χ1n) is 11.2. The third-order valence-corrected chi connectivity index (χ3v) is 7.12. The first kappa shape index (κ1) is 27.6. The summed E-state index contributed by atoms with van der Waals surface area (Å²) in [5, 5.41) is 5.31. The molecular formula is C27H20Br2ClN3O5. The van der Waals surface area contributed by atoms with Gasteiger partial charge in [0.25, 0.3) is 17.7 Å². The molecule has 0 unspecified atom stereocenters. The van der Waals surface area contributed by atoms with E-state index < -0.39 is 17.8 Å². The molecule has 0 aromatic heterocycles. The molecule has 0 radical (unpaired) electrons. The smallest absolute Gasteiger partial charge is 0.335 e. The highest BCUT2D eigenvalue weighted by Gasteiger charge is 2.37. The third kappa shape index (κ3) is 6.15. The number of hydrogen-bond acceptors (Lipinski definition) is 5. The van der Waals surface area contributed by atoms with Gasteiger partial charge in [-0.05, 0) is 99.3 Å². The van der Waals surface area contributed by atoms with Crippen molar-refractivity contribution in [1.82, 2.24) is 5.32 Å². The third-order valence-electron chi connectivity index (χ3n) is 5.53. The fourth-order valence-electron chi connectivity index (χ4n) is 3.55. The summed E-state index contributed by atoms with van der Waals surface area (Å²) in [7, 11) is 0. The number of barbiturate groups is 1. The minimum atomic E-state index is -0.868. The number of hydrogen-bond donors (Lipinski definition) is 2. The van der Waals surface area contributed by atoms with E-state index in [1.54, 1.807) is 43.3 Å². The maximum Gasteiger partial charge on any atom is 0.335 e. The van der Waals surface area contributed by atoms with E-state index in [2.05, 4.69) is 42.5 Å². The Bertz CT molecular complexity index is 1480. The minimum absolute atomic E-state index is 0.233. The van der Waals surface area contributed by atoms with Gasteiger partial charge in [0.05, 0.1) is 14.6 Å². The summed E-state index contributed by atoms with van der Waals surface area (Å²) in [6.07, 6.45) is 1.36. The number of ether oxygens (including phenoxy) is 1. The number of amides is 5. The van der Waals surface area contributed by atoms with E-state index in [1.165, 1.54) is 12.1 Å². The van der Waals surface area contributed by atoms with Crippen LogP contribution in [0.5, 0.6) is 5.75 Å². The van der Waals surface area contributed by atoms with Gasteiger partial charge in [-0.3, -0.25) is 19.7 Å². The van der Waals surface area contributed by atoms with Crippen LogP contribution in [0.25, 0.3) is 6.08 Å². The molecule has 1 aliphatic heterocycles. The molecule has 3 aromatic rings. The first-order valence-corrected chi connectivity index (χ1v) is 13.2. The molecule has 0 spiro atoms. The topological polar surface area (TPSA) is 105 Å². The molecular weight excluding hydrogens is 642 g/mol. The zero-order valence-corrected chi connectivity index (χ0v) is 24.0. The van der Waals surface area contributed by atoms with Gasteiger partial charge in [0.2, 0.25) is 0 Å². The molecule has 1 saturated heterocycles. The molecule has 38 heavy (non-hydrogen) atoms. The van der Waals surface area contributed by atoms with Crippen LogP contribution in [-0.2, 0) is 14.4 Å². The van der Waals surface area contributed by atoms with E-state index in [1.807, 2.05) is 19.1 Å². The van der Waals surface area contributed by atoms with Crippen molar-refractivity contribution in [3.8, 4) is 5.75 Å². The number of halogens is 3. The maximum absolute atomic E-state index is 13.2. The lowest BCUT2D eigenvalue weighted by molar-refractivity contribution is -0.122. The van der Waals surface area contributed by atoms with Crippen molar-refractivity contribution in [3.63, 3.8) is 0 Å². The summed E-state index contributed by atoms with van der Waals surface area (Å²) in [4.78, 5) is 51.3. The van der Waals surface area contributed by atoms with Crippen molar-refractivity contribution in [2.24, 2.45) is 0 Å². The Balaban J connectivity index is 1.53. The summed E-state index contributed by atoms with van der Waals surface area (Å²) in [5.41, 5.74) is 2.96. The van der Waals surface area contributed by atoms with Crippen LogP contribution in [0.15, 0.2) is 69.1 Å². The summed E-state index contributed by atoms with van der Waals surface area (Å²) < 4.78 is 6.64. The van der Waals surface area contributed by atoms with Crippen molar-refractivity contribution in [2.45, 2.75) is 13.8 Å². The summed E-state index contributed by atoms with van der Waals surface area (Å²) in [6, 6.07) is 14.5. The largest absolute Gasteiger partial charge is 0.481 e. The molecule has 8 nitrogen and oxygen atoms in total. The SMILES string of the molecule is Cc1ccc(NC(=O)COc2c(Br)cc(/C=C3\C(=O)NC(=O)N(c4ccc(C)c(Cl)c4)C3=O)cc2Br)cc1. The number of aryl methyl sites for hydroxylation is 2. The molecule has 1 fully saturated rings. The Labute approximate surface area is 240 Å². The standard InChI is InChI=1S/C27H20Br2ClN3O5/c1-14-3-6-17(7-4-14)31-23(34)13-38-24-20(28)10-16(11-21(24)29)9-19-25(35)32-27(37)33(26(19)36)18-8-5-15(2)22(30)12-18/h3-12H,13H2,1-2H3,(H,31,34)(H,32,35,37)/b19-9+. The number of nitrogens with zero attached hydrogens (tertiary/aromatic N) is 1. The Morgan fingerprint density at radius 1 is 1.03 bits per heavy atom. The summed E-state index contributed by atoms with van der Waals surface area (Å²) in [6.45, 7) is 3.50. The lowest BCUT2D eigenvalue weighted by Crippen LogP contribution is -2.54. The Morgan fingerprint density at radius 3 is 2.32 bits per heavy atom. The molecule has 0 saturated carbocycles. The molecule has 1 aliphatic rings. The van der Waals surface area contributed by atoms with Gasteiger partial charge < -0.3 is 10.1 Å². The number of benzene rings is 3. The van der Waals surface area contributed by atoms with Crippen molar-refractivity contribution in [3.05, 3.63) is 90.8 Å². The van der Waals surface area contributed by atoms with E-state index in [-0.39, 0.29) is 23.8 Å². The highest BCUT2D eigenvalue weighted by molar-refractivity contribution is 9.11. The summed E-state index contributed by atoms with van der Waals surface area (Å²) >= 11 is 13.0. The first-order chi connectivity index (χ1) is 18.0. The van der Waals surface area contributed by atoms with Crippen molar-refractivity contribution in [1.29, 1.82) is 0 Å². The zero-order chi connectivity index (χ0) is 27.6. The van der Waals surface area contributed by atoms with Gasteiger partial charge in [-0.1, -0.05) is 35.4 Å². The van der Waals surface area contributed by atoms with Crippen LogP contribution >= 0.6 is 43.5 Å². The molecule has 0 bridgehead atoms. The number of urea groups is 1. The van der Waals surface area contributed by atoms with Crippen molar-refractivity contribution >= 4 is 84.7 Å². The van der Waals surface area contributed by atoms with E-state index >= 15 is 0 Å². The van der Waals surface area contributed by atoms with E-state index in [0.29, 0.717) is 31.0 Å². The van der Waals surface area contributed by atoms with Gasteiger partial charge in [-0.25, -0.2) is 9.69 Å². The van der Waals surface area contributed by atoms with Crippen LogP contribution in [0, 0.1) is 13.8 Å². The number of carbonyl (C=O) groups excluding carboxylic acids is 4. The van der Waals surface area contributed by atoms with Crippen molar-refractivity contribution < 1.29 is 23.9 Å². The minimum Gasteiger partial charge on any atom is -0.481 e. The Hall–Kier alpha value is -3.47. The quantitative estimate of drug-likeness (QED) is 0.243. The van der Waals surface area contributed by atoms with Gasteiger partial charge in [-0.15, -0.1) is 0 Å². The van der Waals surface area contributed by atoms with Crippen LogP contribution in [0.1, 0.15) is 16.7 Å². The van der Waals surface area contributed by atoms with Crippen LogP contribution < -0.4 is 20.3 Å². The average Bonchev–Trinajstić information content (AvgIpc) is 2.85. The Morgan fingerprint density at radius 2 is 1.68 bits per heavy atom. The molecule has 2 N–H and O–H groups in total. The second-order valence-electron chi connectivity index (χ2n) is 8.41. The zero-order valence-electron chi connectivity index (χ0n) is 20.1. The number of imide groups is 2. The van der Waals surface area contributed by atoms with Gasteiger partial charge in [0.15, 0.2) is 6.61 Å². The molecule has 3 aromatic carbocycles. The highest BCUT2D eigenvalue weighted by Crippen LogP contribution is 2.36. The van der Waals surface area contributed by atoms with Crippen LogP contribution in [0.2, 0.25) is 5.02 Å². The van der Waals surface area contributed by atoms with Gasteiger partial charge in [0, 0.05) is 10.7 Å². The van der Waals surface area contributed by atoms with Crippen molar-refractivity contribution in [2.75, 3.05) is 16.8 Å². The van der Waals surface area contributed by atoms with E-state index in [4.69, 9.17) is 16.3 Å². The average molecular weight is 662 g/mol. The van der Waals surface area contributed by atoms with E-state index in [0.717, 1.165) is 16.0 Å². The summed E-state index contributed by atoms with van der Waals surface area (Å²) in [5.74, 6) is -1.60. The van der Waals surface area contributed by atoms with E-state index in [9.17, 15) is 19.2 Å². The maximum atomic E-state index is 13.2. The van der Waals surface area contributed by atoms with Crippen LogP contribution in [0.4, 0.5) is 16.2 Å². The fraction of sp³-hybridized carbons (Fsp3) is 0.111. The van der Waals surface area contributed by atoms with Gasteiger partial charge >= 0.3 is 6.03 Å². The van der Waals surface area contributed by atoms with Crippen LogP contribution in [-0.4, -0.2) is 30.4 Å². The number of rotatable bonds is 6. The molecule has 5 amide bonds. The lowest BCUT2D eigenvalue weighted by atomic mass is 10.1. The molecule has 1 heterocycles. The lowest BCUT2D eigenvalue weighted by Gasteiger charge is -2.26. The van der Waals surface area contributed by atoms with Gasteiger partial charge in [-0.2, -0.15) is 0 Å². The highest BCUT2D eigenvalue weighted by atomic mass is 79.9. The molecule has 11 heteroatoms. The number of carbonyl (C=O) groups is 4. The normalized spacial score (nSPS) is 14.5. The molecule has 4 rings (SSSR count). The van der Waals surface area contributed by atoms with Gasteiger partial charge in [0.1, 0.15) is 11.3 Å². The fourth-order valence-corrected chi connectivity index (χ4v) is 5.18. The molecule has 194 valence electrons. The molecule has 0 aliphatic carbocycles. The monoisotopic (exact) mass is 659 g/mol. The van der Waals surface area contributed by atoms with Crippen LogP contribution in [0.3, 0.4) is 0 Å². The predicted molar refractivity (Wildman–Crippen MR) is 152 cm³/mol. The number of nitrogens with one attached hydrogen (secondary N) is 2. The second-order valence-corrected chi connectivity index (χ2v) is 10.5. The Kier molecular flexibility index (Phi) is 8.35. The second kappa shape index (κ2) is 11.5. The molecule has 0 atom stereocenters. The number of anilines is 2.